The van der Waals surface area contributed by atoms with Gasteiger partial charge >= 0.3 is 0 Å². The molecule has 2 heteroatoms. The van der Waals surface area contributed by atoms with Crippen molar-refractivity contribution in [2.45, 2.75) is 37.7 Å². The molecular formula is C8H16OS. The van der Waals surface area contributed by atoms with Crippen molar-refractivity contribution >= 4 is 11.8 Å². The molecule has 1 N–H and O–H groups in total. The number of thioether (sulfide) groups is 1. The maximum atomic E-state index is 9.85. The first-order valence-corrected chi connectivity index (χ1v) is 5.38. The largest absolute Gasteiger partial charge is 0.389 e. The van der Waals surface area contributed by atoms with E-state index in [-0.39, 0.29) is 5.60 Å². The number of aliphatic hydroxyl groups is 1. The van der Waals surface area contributed by atoms with E-state index in [0.717, 1.165) is 18.6 Å². The van der Waals surface area contributed by atoms with Gasteiger partial charge in [-0.15, -0.1) is 0 Å². The fraction of sp³-hybridized carbons (Fsp3) is 1.00. The average molecular weight is 160 g/mol. The summed E-state index contributed by atoms with van der Waals surface area (Å²) < 4.78 is 0. The molecule has 10 heavy (non-hydrogen) atoms. The minimum atomic E-state index is -0.308. The van der Waals surface area contributed by atoms with Crippen molar-refractivity contribution in [2.24, 2.45) is 0 Å². The van der Waals surface area contributed by atoms with Crippen molar-refractivity contribution in [1.29, 1.82) is 0 Å². The Labute approximate surface area is 67.2 Å². The van der Waals surface area contributed by atoms with Gasteiger partial charge in [-0.05, 0) is 19.1 Å². The van der Waals surface area contributed by atoms with Crippen LogP contribution in [0.1, 0.15) is 32.1 Å². The van der Waals surface area contributed by atoms with Gasteiger partial charge in [-0.2, -0.15) is 11.8 Å². The highest BCUT2D eigenvalue weighted by molar-refractivity contribution is 7.98. The van der Waals surface area contributed by atoms with Gasteiger partial charge in [0.25, 0.3) is 0 Å². The smallest absolute Gasteiger partial charge is 0.0737 e. The van der Waals surface area contributed by atoms with Gasteiger partial charge in [0.15, 0.2) is 0 Å². The van der Waals surface area contributed by atoms with E-state index in [1.165, 1.54) is 19.3 Å². The number of hydrogen-bond acceptors (Lipinski definition) is 2. The van der Waals surface area contributed by atoms with Gasteiger partial charge in [0.1, 0.15) is 0 Å². The first-order valence-electron chi connectivity index (χ1n) is 3.98. The lowest BCUT2D eigenvalue weighted by Crippen LogP contribution is -2.33. The van der Waals surface area contributed by atoms with Crippen LogP contribution in [0.4, 0.5) is 0 Å². The summed E-state index contributed by atoms with van der Waals surface area (Å²) in [5.74, 6) is 0.924. The Balaban J connectivity index is 2.32. The molecule has 1 nitrogen and oxygen atoms in total. The van der Waals surface area contributed by atoms with E-state index in [9.17, 15) is 5.11 Å². The van der Waals surface area contributed by atoms with Crippen LogP contribution in [0.25, 0.3) is 0 Å². The van der Waals surface area contributed by atoms with Gasteiger partial charge < -0.3 is 5.11 Å². The Morgan fingerprint density at radius 3 is 2.40 bits per heavy atom. The second kappa shape index (κ2) is 3.63. The van der Waals surface area contributed by atoms with E-state index in [1.54, 1.807) is 11.8 Å². The lowest BCUT2D eigenvalue weighted by molar-refractivity contribution is 0.0273. The van der Waals surface area contributed by atoms with Crippen LogP contribution in [0.5, 0.6) is 0 Å². The lowest BCUT2D eigenvalue weighted by Gasteiger charge is -2.31. The summed E-state index contributed by atoms with van der Waals surface area (Å²) in [6.07, 6.45) is 7.86. The fourth-order valence-corrected chi connectivity index (χ4v) is 2.45. The maximum absolute atomic E-state index is 9.85. The van der Waals surface area contributed by atoms with Gasteiger partial charge in [0, 0.05) is 5.75 Å². The van der Waals surface area contributed by atoms with Gasteiger partial charge in [0.05, 0.1) is 5.60 Å². The van der Waals surface area contributed by atoms with Crippen LogP contribution in [0.2, 0.25) is 0 Å². The Morgan fingerprint density at radius 2 is 1.90 bits per heavy atom. The van der Waals surface area contributed by atoms with Crippen molar-refractivity contribution in [2.75, 3.05) is 12.0 Å². The van der Waals surface area contributed by atoms with E-state index in [0.29, 0.717) is 0 Å². The highest BCUT2D eigenvalue weighted by Crippen LogP contribution is 2.30. The van der Waals surface area contributed by atoms with Gasteiger partial charge in [-0.1, -0.05) is 19.3 Å². The normalized spacial score (nSPS) is 24.6. The molecule has 0 spiro atoms. The Morgan fingerprint density at radius 1 is 1.30 bits per heavy atom. The zero-order valence-corrected chi connectivity index (χ0v) is 7.41. The molecule has 0 heterocycles. The van der Waals surface area contributed by atoms with Crippen LogP contribution < -0.4 is 0 Å². The molecule has 60 valence electrons. The van der Waals surface area contributed by atoms with Gasteiger partial charge in [0.2, 0.25) is 0 Å². The molecule has 0 aliphatic heterocycles. The van der Waals surface area contributed by atoms with Crippen molar-refractivity contribution in [3.05, 3.63) is 0 Å². The summed E-state index contributed by atoms with van der Waals surface area (Å²) in [7, 11) is 0. The van der Waals surface area contributed by atoms with Crippen molar-refractivity contribution in [3.63, 3.8) is 0 Å². The summed E-state index contributed by atoms with van der Waals surface area (Å²) in [4.78, 5) is 0. The van der Waals surface area contributed by atoms with E-state index in [1.807, 2.05) is 0 Å². The maximum Gasteiger partial charge on any atom is 0.0737 e. The van der Waals surface area contributed by atoms with Gasteiger partial charge in [-0.25, -0.2) is 0 Å². The first-order chi connectivity index (χ1) is 4.77. The molecule has 1 aliphatic rings. The molecule has 0 aromatic rings. The quantitative estimate of drug-likeness (QED) is 0.667. The molecular weight excluding hydrogens is 144 g/mol. The molecule has 0 atom stereocenters. The van der Waals surface area contributed by atoms with Crippen LogP contribution >= 0.6 is 11.8 Å². The topological polar surface area (TPSA) is 20.2 Å². The molecule has 1 saturated carbocycles. The zero-order valence-electron chi connectivity index (χ0n) is 6.60. The molecule has 0 radical (unpaired) electrons. The molecule has 0 saturated heterocycles. The summed E-state index contributed by atoms with van der Waals surface area (Å²) >= 11 is 1.76. The Hall–Kier alpha value is 0.310. The summed E-state index contributed by atoms with van der Waals surface area (Å²) in [6, 6.07) is 0. The zero-order chi connectivity index (χ0) is 7.45. The molecule has 0 aromatic heterocycles. The summed E-state index contributed by atoms with van der Waals surface area (Å²) in [5.41, 5.74) is -0.308. The van der Waals surface area contributed by atoms with E-state index in [4.69, 9.17) is 0 Å². The van der Waals surface area contributed by atoms with Crippen LogP contribution in [-0.4, -0.2) is 22.7 Å². The highest BCUT2D eigenvalue weighted by Gasteiger charge is 2.27. The van der Waals surface area contributed by atoms with Crippen molar-refractivity contribution in [3.8, 4) is 0 Å². The standard InChI is InChI=1S/C8H16OS/c1-10-7-8(9)5-3-2-4-6-8/h9H,2-7H2,1H3. The third-order valence-electron chi connectivity index (χ3n) is 2.20. The minimum Gasteiger partial charge on any atom is -0.389 e. The van der Waals surface area contributed by atoms with E-state index < -0.39 is 0 Å². The molecule has 1 aliphatic carbocycles. The van der Waals surface area contributed by atoms with Crippen LogP contribution in [0.15, 0.2) is 0 Å². The predicted octanol–water partition coefficient (Wildman–Crippen LogP) is 2.04. The molecule has 0 unspecified atom stereocenters. The second-order valence-corrected chi connectivity index (χ2v) is 4.08. The fourth-order valence-electron chi connectivity index (χ4n) is 1.62. The molecule has 1 fully saturated rings. The number of rotatable bonds is 2. The first kappa shape index (κ1) is 8.41. The average Bonchev–Trinajstić information content (AvgIpc) is 1.89. The van der Waals surface area contributed by atoms with Crippen LogP contribution in [-0.2, 0) is 0 Å². The molecule has 0 aromatic carbocycles. The van der Waals surface area contributed by atoms with E-state index in [2.05, 4.69) is 6.26 Å². The third kappa shape index (κ3) is 2.17. The van der Waals surface area contributed by atoms with E-state index >= 15 is 0 Å². The van der Waals surface area contributed by atoms with Crippen molar-refractivity contribution < 1.29 is 5.11 Å². The molecule has 0 bridgehead atoms. The summed E-state index contributed by atoms with van der Waals surface area (Å²) in [6.45, 7) is 0. The SMILES string of the molecule is CSCC1(O)CCCCC1. The van der Waals surface area contributed by atoms with Crippen LogP contribution in [0.3, 0.4) is 0 Å². The molecule has 0 amide bonds. The Kier molecular flexibility index (Phi) is 3.05. The lowest BCUT2D eigenvalue weighted by atomic mass is 9.86. The van der Waals surface area contributed by atoms with Crippen LogP contribution in [0, 0.1) is 0 Å². The highest BCUT2D eigenvalue weighted by atomic mass is 32.2. The monoisotopic (exact) mass is 160 g/mol. The minimum absolute atomic E-state index is 0.308. The summed E-state index contributed by atoms with van der Waals surface area (Å²) in [5, 5.41) is 9.85. The van der Waals surface area contributed by atoms with Gasteiger partial charge in [-0.3, -0.25) is 0 Å². The molecule has 1 rings (SSSR count). The third-order valence-corrected chi connectivity index (χ3v) is 3.02. The van der Waals surface area contributed by atoms with Crippen molar-refractivity contribution in [1.82, 2.24) is 0 Å². The second-order valence-electron chi connectivity index (χ2n) is 3.22. The number of hydrogen-bond donors (Lipinski definition) is 1. The Bertz CT molecular complexity index is 91.9. The predicted molar refractivity (Wildman–Crippen MR) is 46.4 cm³/mol.